The second kappa shape index (κ2) is 6.55. The minimum Gasteiger partial charge on any atom is -0.375 e. The molecule has 0 aliphatic heterocycles. The second-order valence-corrected chi connectivity index (χ2v) is 5.73. The molecule has 20 heavy (non-hydrogen) atoms. The number of hydrogen-bond acceptors (Lipinski definition) is 1. The minimum atomic E-state index is -0.691. The molecule has 0 radical (unpaired) electrons. The van der Waals surface area contributed by atoms with Crippen LogP contribution in [0.4, 0.5) is 14.5 Å². The van der Waals surface area contributed by atoms with E-state index in [0.29, 0.717) is 0 Å². The summed E-state index contributed by atoms with van der Waals surface area (Å²) in [6, 6.07) is 9.54. The van der Waals surface area contributed by atoms with Crippen molar-refractivity contribution in [2.24, 2.45) is 0 Å². The Bertz CT molecular complexity index is 596. The molecule has 1 nitrogen and oxygen atoms in total. The lowest BCUT2D eigenvalue weighted by atomic mass is 10.0. The first-order valence-corrected chi connectivity index (χ1v) is 7.35. The molecule has 1 atom stereocenters. The van der Waals surface area contributed by atoms with Crippen LogP contribution in [0.2, 0.25) is 5.02 Å². The lowest BCUT2D eigenvalue weighted by Crippen LogP contribution is -2.11. The first-order valence-electron chi connectivity index (χ1n) is 6.17. The Morgan fingerprint density at radius 2 is 2.00 bits per heavy atom. The number of halogens is 4. The monoisotopic (exact) mass is 359 g/mol. The molecule has 0 amide bonds. The fourth-order valence-corrected chi connectivity index (χ4v) is 2.66. The van der Waals surface area contributed by atoms with E-state index in [0.717, 1.165) is 28.6 Å². The van der Waals surface area contributed by atoms with Gasteiger partial charge in [-0.2, -0.15) is 0 Å². The average Bonchev–Trinajstić information content (AvgIpc) is 2.38. The number of hydrogen-bond donors (Lipinski definition) is 1. The molecule has 0 aromatic heterocycles. The normalized spacial score (nSPS) is 12.2. The first kappa shape index (κ1) is 15.3. The Morgan fingerprint density at radius 3 is 2.60 bits per heavy atom. The summed E-state index contributed by atoms with van der Waals surface area (Å²) in [5.41, 5.74) is 1.13. The molecule has 0 aliphatic carbocycles. The molecule has 1 N–H and O–H groups in total. The Hall–Kier alpha value is -1.13. The zero-order chi connectivity index (χ0) is 14.7. The van der Waals surface area contributed by atoms with Gasteiger partial charge in [0, 0.05) is 10.5 Å². The number of anilines is 1. The molecule has 0 saturated carbocycles. The molecule has 2 rings (SSSR count). The Balaban J connectivity index is 2.32. The second-order valence-electron chi connectivity index (χ2n) is 4.40. The summed E-state index contributed by atoms with van der Waals surface area (Å²) < 4.78 is 27.8. The summed E-state index contributed by atoms with van der Waals surface area (Å²) >= 11 is 9.31. The minimum absolute atomic E-state index is 0.0379. The van der Waals surface area contributed by atoms with E-state index in [-0.39, 0.29) is 16.8 Å². The zero-order valence-corrected chi connectivity index (χ0v) is 13.1. The molecule has 0 fully saturated rings. The van der Waals surface area contributed by atoms with Gasteiger partial charge in [-0.3, -0.25) is 0 Å². The fraction of sp³-hybridized carbons (Fsp3) is 0.200. The van der Waals surface area contributed by atoms with Gasteiger partial charge in [-0.15, -0.1) is 0 Å². The Labute approximate surface area is 130 Å². The molecule has 2 aromatic carbocycles. The predicted octanol–water partition coefficient (Wildman–Crippen LogP) is 5.94. The van der Waals surface area contributed by atoms with Crippen molar-refractivity contribution >= 4 is 33.2 Å². The highest BCUT2D eigenvalue weighted by Gasteiger charge is 2.15. The van der Waals surface area contributed by atoms with Crippen LogP contribution in [-0.2, 0) is 0 Å². The largest absolute Gasteiger partial charge is 0.375 e. The molecule has 106 valence electrons. The van der Waals surface area contributed by atoms with Crippen molar-refractivity contribution in [1.82, 2.24) is 0 Å². The summed E-state index contributed by atoms with van der Waals surface area (Å²) in [5, 5.41) is 3.08. The maximum Gasteiger partial charge on any atom is 0.150 e. The SMILES string of the molecule is CCC(Nc1c(F)cc(F)cc1Cl)c1cccc(Br)c1. The lowest BCUT2D eigenvalue weighted by molar-refractivity contribution is 0.582. The molecule has 0 saturated heterocycles. The number of benzene rings is 2. The lowest BCUT2D eigenvalue weighted by Gasteiger charge is -2.20. The van der Waals surface area contributed by atoms with E-state index in [1.165, 1.54) is 0 Å². The Morgan fingerprint density at radius 1 is 1.25 bits per heavy atom. The van der Waals surface area contributed by atoms with Crippen LogP contribution in [-0.4, -0.2) is 0 Å². The molecule has 5 heteroatoms. The molecular formula is C15H13BrClF2N. The number of rotatable bonds is 4. The van der Waals surface area contributed by atoms with Gasteiger partial charge in [-0.05, 0) is 30.2 Å². The number of nitrogens with one attached hydrogen (secondary N) is 1. The third-order valence-corrected chi connectivity index (χ3v) is 3.78. The van der Waals surface area contributed by atoms with Crippen molar-refractivity contribution < 1.29 is 8.78 Å². The highest BCUT2D eigenvalue weighted by atomic mass is 79.9. The van der Waals surface area contributed by atoms with E-state index in [4.69, 9.17) is 11.6 Å². The smallest absolute Gasteiger partial charge is 0.150 e. The van der Waals surface area contributed by atoms with E-state index in [2.05, 4.69) is 21.2 Å². The maximum atomic E-state index is 13.8. The van der Waals surface area contributed by atoms with Crippen LogP contribution in [0, 0.1) is 11.6 Å². The third kappa shape index (κ3) is 3.49. The molecule has 0 bridgehead atoms. The quantitative estimate of drug-likeness (QED) is 0.711. The van der Waals surface area contributed by atoms with Gasteiger partial charge in [0.1, 0.15) is 5.82 Å². The summed E-state index contributed by atoms with van der Waals surface area (Å²) in [4.78, 5) is 0. The molecule has 0 heterocycles. The molecule has 0 spiro atoms. The fourth-order valence-electron chi connectivity index (χ4n) is 2.00. The van der Waals surface area contributed by atoms with Gasteiger partial charge in [0.05, 0.1) is 16.8 Å². The van der Waals surface area contributed by atoms with E-state index >= 15 is 0 Å². The summed E-state index contributed by atoms with van der Waals surface area (Å²) in [6.45, 7) is 1.98. The zero-order valence-electron chi connectivity index (χ0n) is 10.8. The van der Waals surface area contributed by atoms with Crippen molar-refractivity contribution in [2.45, 2.75) is 19.4 Å². The predicted molar refractivity (Wildman–Crippen MR) is 82.2 cm³/mol. The highest BCUT2D eigenvalue weighted by molar-refractivity contribution is 9.10. The van der Waals surface area contributed by atoms with E-state index < -0.39 is 11.6 Å². The average molecular weight is 361 g/mol. The van der Waals surface area contributed by atoms with Crippen LogP contribution in [0.1, 0.15) is 24.9 Å². The third-order valence-electron chi connectivity index (χ3n) is 2.98. The topological polar surface area (TPSA) is 12.0 Å². The van der Waals surface area contributed by atoms with Gasteiger partial charge in [-0.25, -0.2) is 8.78 Å². The van der Waals surface area contributed by atoms with Crippen LogP contribution in [0.25, 0.3) is 0 Å². The van der Waals surface area contributed by atoms with Crippen molar-refractivity contribution in [1.29, 1.82) is 0 Å². The van der Waals surface area contributed by atoms with Gasteiger partial charge in [0.2, 0.25) is 0 Å². The Kier molecular flexibility index (Phi) is 5.00. The van der Waals surface area contributed by atoms with E-state index in [1.807, 2.05) is 31.2 Å². The highest BCUT2D eigenvalue weighted by Crippen LogP contribution is 2.31. The molecule has 0 aliphatic rings. The standard InChI is InChI=1S/C15H13BrClF2N/c1-2-14(9-4-3-5-10(16)6-9)20-15-12(17)7-11(18)8-13(15)19/h3-8,14,20H,2H2,1H3. The van der Waals surface area contributed by atoms with Crippen LogP contribution in [0.5, 0.6) is 0 Å². The first-order chi connectivity index (χ1) is 9.51. The summed E-state index contributed by atoms with van der Waals surface area (Å²) in [5.74, 6) is -1.38. The van der Waals surface area contributed by atoms with Crippen molar-refractivity contribution in [2.75, 3.05) is 5.32 Å². The molecular weight excluding hydrogens is 348 g/mol. The van der Waals surface area contributed by atoms with Crippen molar-refractivity contribution in [3.63, 3.8) is 0 Å². The molecule has 1 unspecified atom stereocenters. The summed E-state index contributed by atoms with van der Waals surface area (Å²) in [7, 11) is 0. The van der Waals surface area contributed by atoms with Crippen LogP contribution in [0.3, 0.4) is 0 Å². The van der Waals surface area contributed by atoms with E-state index in [1.54, 1.807) is 0 Å². The van der Waals surface area contributed by atoms with Crippen molar-refractivity contribution in [3.05, 3.63) is 63.1 Å². The maximum absolute atomic E-state index is 13.8. The van der Waals surface area contributed by atoms with Gasteiger partial charge >= 0.3 is 0 Å². The van der Waals surface area contributed by atoms with E-state index in [9.17, 15) is 8.78 Å². The van der Waals surface area contributed by atoms with Crippen LogP contribution in [0.15, 0.2) is 40.9 Å². The molecule has 2 aromatic rings. The van der Waals surface area contributed by atoms with Crippen LogP contribution < -0.4 is 5.32 Å². The van der Waals surface area contributed by atoms with Gasteiger partial charge in [0.15, 0.2) is 5.82 Å². The van der Waals surface area contributed by atoms with Gasteiger partial charge in [-0.1, -0.05) is 46.6 Å². The van der Waals surface area contributed by atoms with Gasteiger partial charge < -0.3 is 5.32 Å². The van der Waals surface area contributed by atoms with Crippen LogP contribution >= 0.6 is 27.5 Å². The van der Waals surface area contributed by atoms with Gasteiger partial charge in [0.25, 0.3) is 0 Å². The van der Waals surface area contributed by atoms with Crippen molar-refractivity contribution in [3.8, 4) is 0 Å². The summed E-state index contributed by atoms with van der Waals surface area (Å²) in [6.07, 6.45) is 0.740.